The second-order valence-corrected chi connectivity index (χ2v) is 6.95. The second kappa shape index (κ2) is 7.40. The van der Waals surface area contributed by atoms with Crippen molar-refractivity contribution in [1.29, 1.82) is 0 Å². The number of nitrogens with zero attached hydrogens (tertiary/aromatic N) is 3. The van der Waals surface area contributed by atoms with Gasteiger partial charge in [0, 0.05) is 16.8 Å². The average Bonchev–Trinajstić information content (AvgIpc) is 2.78. The summed E-state index contributed by atoms with van der Waals surface area (Å²) in [5.74, 6) is 0.118. The molecule has 0 fully saturated rings. The highest BCUT2D eigenvalue weighted by atomic mass is 19.1. The molecule has 1 N–H and O–H groups in total. The third-order valence-corrected chi connectivity index (χ3v) is 4.96. The molecule has 2 heterocycles. The summed E-state index contributed by atoms with van der Waals surface area (Å²) in [6.45, 7) is 0. The van der Waals surface area contributed by atoms with E-state index in [4.69, 9.17) is 0 Å². The van der Waals surface area contributed by atoms with Crippen molar-refractivity contribution < 1.29 is 4.39 Å². The molecule has 3 aromatic carbocycles. The average molecular weight is 396 g/mol. The molecule has 0 aliphatic carbocycles. The molecule has 1 aliphatic heterocycles. The van der Waals surface area contributed by atoms with E-state index in [1.165, 1.54) is 24.3 Å². The predicted molar refractivity (Wildman–Crippen MR) is 115 cm³/mol. The van der Waals surface area contributed by atoms with E-state index in [0.717, 1.165) is 16.8 Å². The normalized spacial score (nSPS) is 14.8. The van der Waals surface area contributed by atoms with Crippen LogP contribution in [0.3, 0.4) is 0 Å². The lowest BCUT2D eigenvalue weighted by Crippen LogP contribution is -2.30. The maximum absolute atomic E-state index is 13.3. The van der Waals surface area contributed by atoms with E-state index in [-0.39, 0.29) is 17.7 Å². The lowest BCUT2D eigenvalue weighted by Gasteiger charge is -2.28. The van der Waals surface area contributed by atoms with Crippen molar-refractivity contribution >= 4 is 11.8 Å². The van der Waals surface area contributed by atoms with E-state index in [1.807, 2.05) is 66.7 Å². The number of fused-ring (bicyclic) bond motifs is 3. The Hall–Kier alpha value is -4.06. The van der Waals surface area contributed by atoms with Gasteiger partial charge >= 0.3 is 0 Å². The number of rotatable bonds is 3. The number of aromatic nitrogens is 3. The van der Waals surface area contributed by atoms with Crippen LogP contribution >= 0.6 is 0 Å². The minimum atomic E-state index is -0.449. The fraction of sp³-hybridized carbons (Fsp3) is 0.0417. The van der Waals surface area contributed by atoms with Gasteiger partial charge in [-0.25, -0.2) is 9.07 Å². The Morgan fingerprint density at radius 3 is 2.47 bits per heavy atom. The van der Waals surface area contributed by atoms with Crippen molar-refractivity contribution in [2.24, 2.45) is 0 Å². The number of nitrogens with one attached hydrogen (secondary N) is 1. The highest BCUT2D eigenvalue weighted by molar-refractivity contribution is 5.76. The van der Waals surface area contributed by atoms with Crippen LogP contribution in [0.4, 0.5) is 10.1 Å². The first kappa shape index (κ1) is 18.0. The summed E-state index contributed by atoms with van der Waals surface area (Å²) < 4.78 is 15.0. The first-order valence-corrected chi connectivity index (χ1v) is 9.55. The maximum atomic E-state index is 13.3. The molecule has 1 aromatic heterocycles. The summed E-state index contributed by atoms with van der Waals surface area (Å²) in [5.41, 5.74) is 2.98. The van der Waals surface area contributed by atoms with E-state index < -0.39 is 5.56 Å². The van der Waals surface area contributed by atoms with E-state index in [9.17, 15) is 9.18 Å². The van der Waals surface area contributed by atoms with Gasteiger partial charge in [-0.05, 0) is 48.0 Å². The molecule has 146 valence electrons. The zero-order chi connectivity index (χ0) is 20.5. The summed E-state index contributed by atoms with van der Waals surface area (Å²) in [6.07, 6.45) is 3.62. The number of anilines is 1. The molecule has 0 bridgehead atoms. The number of para-hydroxylation sites is 1. The zero-order valence-electron chi connectivity index (χ0n) is 15.9. The molecule has 5 rings (SSSR count). The van der Waals surface area contributed by atoms with Crippen LogP contribution in [0.25, 0.3) is 28.7 Å². The van der Waals surface area contributed by atoms with E-state index >= 15 is 0 Å². The Balaban J connectivity index is 1.65. The highest BCUT2D eigenvalue weighted by Crippen LogP contribution is 2.34. The summed E-state index contributed by atoms with van der Waals surface area (Å²) in [7, 11) is 0. The standard InChI is InChI=1S/C24H17FN4O/c25-18-13-11-17(12-14-18)22-24(30)27-23-19-8-4-5-9-20(19)26-21(29(23)28-22)15-10-16-6-2-1-3-7-16/h1-15,21,26H/b15-10+/t21-/m0/s1. The molecule has 0 radical (unpaired) electrons. The van der Waals surface area contributed by atoms with Crippen LogP contribution in [0.2, 0.25) is 0 Å². The van der Waals surface area contributed by atoms with Gasteiger partial charge in [0.25, 0.3) is 5.56 Å². The third-order valence-electron chi connectivity index (χ3n) is 4.96. The van der Waals surface area contributed by atoms with E-state index in [1.54, 1.807) is 4.68 Å². The Morgan fingerprint density at radius 1 is 0.933 bits per heavy atom. The Bertz CT molecular complexity index is 1300. The molecule has 30 heavy (non-hydrogen) atoms. The largest absolute Gasteiger partial charge is 0.360 e. The quantitative estimate of drug-likeness (QED) is 0.543. The molecule has 1 atom stereocenters. The molecule has 1 aliphatic rings. The van der Waals surface area contributed by atoms with Gasteiger partial charge in [-0.15, -0.1) is 0 Å². The summed E-state index contributed by atoms with van der Waals surface area (Å²) in [4.78, 5) is 17.1. The number of hydrogen-bond donors (Lipinski definition) is 1. The number of halogens is 1. The van der Waals surface area contributed by atoms with Crippen molar-refractivity contribution in [3.8, 4) is 22.6 Å². The fourth-order valence-electron chi connectivity index (χ4n) is 3.49. The predicted octanol–water partition coefficient (Wildman–Crippen LogP) is 4.75. The Labute approximate surface area is 172 Å². The summed E-state index contributed by atoms with van der Waals surface area (Å²) in [5, 5.41) is 8.05. The number of hydrogen-bond acceptors (Lipinski definition) is 4. The fourth-order valence-corrected chi connectivity index (χ4v) is 3.49. The van der Waals surface area contributed by atoms with Crippen molar-refractivity contribution in [2.45, 2.75) is 6.17 Å². The van der Waals surface area contributed by atoms with Crippen LogP contribution in [0.1, 0.15) is 11.7 Å². The van der Waals surface area contributed by atoms with Crippen LogP contribution in [0.5, 0.6) is 0 Å². The van der Waals surface area contributed by atoms with E-state index in [0.29, 0.717) is 11.4 Å². The van der Waals surface area contributed by atoms with Crippen LogP contribution in [-0.2, 0) is 0 Å². The van der Waals surface area contributed by atoms with Gasteiger partial charge in [0.05, 0.1) is 0 Å². The first-order valence-electron chi connectivity index (χ1n) is 9.55. The van der Waals surface area contributed by atoms with Crippen LogP contribution in [0, 0.1) is 5.82 Å². The van der Waals surface area contributed by atoms with Gasteiger partial charge < -0.3 is 5.32 Å². The topological polar surface area (TPSA) is 59.8 Å². The van der Waals surface area contributed by atoms with Crippen molar-refractivity contribution in [3.63, 3.8) is 0 Å². The van der Waals surface area contributed by atoms with Gasteiger partial charge in [-0.3, -0.25) is 4.79 Å². The molecule has 0 saturated heterocycles. The number of benzene rings is 3. The SMILES string of the molecule is O=c1nc2n(nc1-c1ccc(F)cc1)[C@@H](/C=C/c1ccccc1)Nc1ccccc1-2. The van der Waals surface area contributed by atoms with Gasteiger partial charge in [-0.1, -0.05) is 48.5 Å². The van der Waals surface area contributed by atoms with Gasteiger partial charge in [-0.2, -0.15) is 10.1 Å². The molecule has 4 aromatic rings. The van der Waals surface area contributed by atoms with Gasteiger partial charge in [0.15, 0.2) is 11.5 Å². The lowest BCUT2D eigenvalue weighted by molar-refractivity contribution is 0.565. The summed E-state index contributed by atoms with van der Waals surface area (Å²) in [6, 6.07) is 23.3. The minimum absolute atomic E-state index is 0.179. The molecule has 0 saturated carbocycles. The van der Waals surface area contributed by atoms with Gasteiger partial charge in [0.1, 0.15) is 12.0 Å². The van der Waals surface area contributed by atoms with Crippen LogP contribution in [0.15, 0.2) is 89.7 Å². The van der Waals surface area contributed by atoms with Crippen molar-refractivity contribution in [3.05, 3.63) is 107 Å². The third kappa shape index (κ3) is 3.28. The highest BCUT2D eigenvalue weighted by Gasteiger charge is 2.25. The van der Waals surface area contributed by atoms with Crippen LogP contribution in [-0.4, -0.2) is 14.8 Å². The summed E-state index contributed by atoms with van der Waals surface area (Å²) >= 11 is 0. The first-order chi connectivity index (χ1) is 14.7. The van der Waals surface area contributed by atoms with E-state index in [2.05, 4.69) is 15.4 Å². The molecular weight excluding hydrogens is 379 g/mol. The van der Waals surface area contributed by atoms with Crippen LogP contribution < -0.4 is 10.9 Å². The monoisotopic (exact) mass is 396 g/mol. The van der Waals surface area contributed by atoms with Crippen molar-refractivity contribution in [1.82, 2.24) is 14.8 Å². The zero-order valence-corrected chi connectivity index (χ0v) is 15.9. The molecule has 5 nitrogen and oxygen atoms in total. The maximum Gasteiger partial charge on any atom is 0.300 e. The van der Waals surface area contributed by atoms with Gasteiger partial charge in [0.2, 0.25) is 0 Å². The molecular formula is C24H17FN4O. The Morgan fingerprint density at radius 2 is 1.67 bits per heavy atom. The van der Waals surface area contributed by atoms with Crippen molar-refractivity contribution in [2.75, 3.05) is 5.32 Å². The molecule has 6 heteroatoms. The molecule has 0 unspecified atom stereocenters. The lowest BCUT2D eigenvalue weighted by atomic mass is 10.1. The Kier molecular flexibility index (Phi) is 4.44. The molecule has 0 spiro atoms. The molecule has 0 amide bonds. The smallest absolute Gasteiger partial charge is 0.300 e. The second-order valence-electron chi connectivity index (χ2n) is 6.95. The minimum Gasteiger partial charge on any atom is -0.360 e.